The number of anilines is 1. The van der Waals surface area contributed by atoms with Crippen molar-refractivity contribution in [3.05, 3.63) is 58.8 Å². The predicted molar refractivity (Wildman–Crippen MR) is 124 cm³/mol. The summed E-state index contributed by atoms with van der Waals surface area (Å²) in [5, 5.41) is 6.26. The summed E-state index contributed by atoms with van der Waals surface area (Å²) >= 11 is 1.30. The molecule has 4 rings (SSSR count). The van der Waals surface area contributed by atoms with E-state index in [1.807, 2.05) is 19.9 Å². The molecule has 0 bridgehead atoms. The van der Waals surface area contributed by atoms with Gasteiger partial charge in [-0.1, -0.05) is 29.6 Å². The zero-order valence-electron chi connectivity index (χ0n) is 18.2. The van der Waals surface area contributed by atoms with Crippen molar-refractivity contribution in [1.82, 2.24) is 10.3 Å². The molecular weight excluding hydrogens is 426 g/mol. The Bertz CT molecular complexity index is 1190. The second-order valence-electron chi connectivity index (χ2n) is 7.93. The topological polar surface area (TPSA) is 97.4 Å². The molecule has 0 aliphatic heterocycles. The third kappa shape index (κ3) is 4.65. The van der Waals surface area contributed by atoms with E-state index in [9.17, 15) is 14.4 Å². The lowest BCUT2D eigenvalue weighted by Crippen LogP contribution is -2.24. The minimum atomic E-state index is -0.371. The molecule has 7 nitrogen and oxygen atoms in total. The SMILES string of the molecule is CCOC(=O)C1CC1C(=O)Nc1nc2ccc(C(=O)NC3=C(C)C=CCC=C3C)cc2s1. The van der Waals surface area contributed by atoms with Gasteiger partial charge in [-0.25, -0.2) is 4.98 Å². The van der Waals surface area contributed by atoms with Crippen molar-refractivity contribution < 1.29 is 19.1 Å². The smallest absolute Gasteiger partial charge is 0.309 e. The molecule has 2 unspecified atom stereocenters. The van der Waals surface area contributed by atoms with Gasteiger partial charge in [0, 0.05) is 11.3 Å². The molecule has 0 saturated heterocycles. The largest absolute Gasteiger partial charge is 0.466 e. The summed E-state index contributed by atoms with van der Waals surface area (Å²) in [7, 11) is 0. The van der Waals surface area contributed by atoms with Crippen LogP contribution in [0.25, 0.3) is 10.2 Å². The van der Waals surface area contributed by atoms with E-state index in [-0.39, 0.29) is 29.6 Å². The highest BCUT2D eigenvalue weighted by atomic mass is 32.1. The van der Waals surface area contributed by atoms with E-state index in [2.05, 4.69) is 27.8 Å². The highest BCUT2D eigenvalue weighted by molar-refractivity contribution is 7.22. The Labute approximate surface area is 190 Å². The Morgan fingerprint density at radius 2 is 2.00 bits per heavy atom. The summed E-state index contributed by atoms with van der Waals surface area (Å²) < 4.78 is 5.77. The Morgan fingerprint density at radius 1 is 1.19 bits per heavy atom. The summed E-state index contributed by atoms with van der Waals surface area (Å²) in [5.74, 6) is -1.49. The molecule has 1 aromatic heterocycles. The Kier molecular flexibility index (Phi) is 6.23. The van der Waals surface area contributed by atoms with Crippen molar-refractivity contribution in [3.8, 4) is 0 Å². The average Bonchev–Trinajstić information content (AvgIpc) is 3.50. The summed E-state index contributed by atoms with van der Waals surface area (Å²) in [5.41, 5.74) is 4.08. The van der Waals surface area contributed by atoms with Gasteiger partial charge in [-0.15, -0.1) is 0 Å². The van der Waals surface area contributed by atoms with Crippen LogP contribution in [0.2, 0.25) is 0 Å². The third-order valence-corrected chi connectivity index (χ3v) is 6.49. The molecule has 1 aromatic carbocycles. The first kappa shape index (κ1) is 22.0. The highest BCUT2D eigenvalue weighted by Gasteiger charge is 2.49. The van der Waals surface area contributed by atoms with Crippen molar-refractivity contribution in [1.29, 1.82) is 0 Å². The summed E-state index contributed by atoms with van der Waals surface area (Å²) in [4.78, 5) is 41.5. The zero-order valence-corrected chi connectivity index (χ0v) is 19.0. The van der Waals surface area contributed by atoms with Crippen molar-refractivity contribution in [2.24, 2.45) is 11.8 Å². The number of allylic oxidation sites excluding steroid dienone is 5. The van der Waals surface area contributed by atoms with Gasteiger partial charge in [0.2, 0.25) is 5.91 Å². The van der Waals surface area contributed by atoms with Crippen molar-refractivity contribution in [2.75, 3.05) is 11.9 Å². The number of amides is 2. The van der Waals surface area contributed by atoms with Crippen molar-refractivity contribution in [3.63, 3.8) is 0 Å². The molecule has 8 heteroatoms. The highest BCUT2D eigenvalue weighted by Crippen LogP contribution is 2.40. The maximum atomic E-state index is 12.9. The van der Waals surface area contributed by atoms with E-state index in [1.54, 1.807) is 25.1 Å². The molecular formula is C24H25N3O4S. The van der Waals surface area contributed by atoms with Gasteiger partial charge < -0.3 is 15.4 Å². The standard InChI is InChI=1S/C24H25N3O4S/c1-4-31-23(30)17-12-16(17)22(29)27-24-25-18-10-9-15(11-19(18)32-24)21(28)26-20-13(2)7-5-6-8-14(20)3/h5,7-11,16-17H,4,6,12H2,1-3H3,(H,26,28)(H,25,27,29). The Morgan fingerprint density at radius 3 is 2.78 bits per heavy atom. The molecule has 166 valence electrons. The van der Waals surface area contributed by atoms with Crippen LogP contribution in [-0.4, -0.2) is 29.4 Å². The van der Waals surface area contributed by atoms with Crippen LogP contribution in [0.5, 0.6) is 0 Å². The maximum absolute atomic E-state index is 12.9. The molecule has 2 aliphatic carbocycles. The predicted octanol–water partition coefficient (Wildman–Crippen LogP) is 4.34. The van der Waals surface area contributed by atoms with Crippen LogP contribution in [0, 0.1) is 11.8 Å². The van der Waals surface area contributed by atoms with Gasteiger partial charge in [-0.05, 0) is 63.0 Å². The fourth-order valence-electron chi connectivity index (χ4n) is 3.68. The van der Waals surface area contributed by atoms with Gasteiger partial charge in [-0.2, -0.15) is 0 Å². The fourth-order valence-corrected chi connectivity index (χ4v) is 4.59. The number of fused-ring (bicyclic) bond motifs is 1. The van der Waals surface area contributed by atoms with Crippen LogP contribution in [0.3, 0.4) is 0 Å². The van der Waals surface area contributed by atoms with Gasteiger partial charge in [0.05, 0.1) is 28.7 Å². The maximum Gasteiger partial charge on any atom is 0.309 e. The Balaban J connectivity index is 1.45. The fraction of sp³-hybridized carbons (Fsp3) is 0.333. The minimum absolute atomic E-state index is 0.196. The lowest BCUT2D eigenvalue weighted by Gasteiger charge is -2.12. The molecule has 1 heterocycles. The van der Waals surface area contributed by atoms with E-state index < -0.39 is 0 Å². The number of hydrogen-bond donors (Lipinski definition) is 2. The second-order valence-corrected chi connectivity index (χ2v) is 8.96. The average molecular weight is 452 g/mol. The molecule has 2 atom stereocenters. The van der Waals surface area contributed by atoms with Gasteiger partial charge in [-0.3, -0.25) is 14.4 Å². The van der Waals surface area contributed by atoms with E-state index in [1.165, 1.54) is 11.3 Å². The van der Waals surface area contributed by atoms with Crippen LogP contribution in [0.1, 0.15) is 44.0 Å². The van der Waals surface area contributed by atoms with Crippen LogP contribution >= 0.6 is 11.3 Å². The van der Waals surface area contributed by atoms with E-state index >= 15 is 0 Å². The number of hydrogen-bond acceptors (Lipinski definition) is 6. The van der Waals surface area contributed by atoms with Gasteiger partial charge in [0.1, 0.15) is 0 Å². The molecule has 2 aromatic rings. The quantitative estimate of drug-likeness (QED) is 0.637. The second kappa shape index (κ2) is 9.08. The molecule has 0 spiro atoms. The van der Waals surface area contributed by atoms with Crippen LogP contribution in [0.4, 0.5) is 5.13 Å². The lowest BCUT2D eigenvalue weighted by atomic mass is 10.1. The first-order valence-corrected chi connectivity index (χ1v) is 11.4. The van der Waals surface area contributed by atoms with E-state index in [0.717, 1.165) is 28.0 Å². The molecule has 1 saturated carbocycles. The number of thiazole rings is 1. The van der Waals surface area contributed by atoms with Gasteiger partial charge in [0.15, 0.2) is 5.13 Å². The molecule has 1 fully saturated rings. The molecule has 2 aliphatic rings. The number of carbonyl (C=O) groups is 3. The third-order valence-electron chi connectivity index (χ3n) is 5.55. The van der Waals surface area contributed by atoms with E-state index in [4.69, 9.17) is 4.74 Å². The van der Waals surface area contributed by atoms with Gasteiger partial charge in [0.25, 0.3) is 5.91 Å². The number of carbonyl (C=O) groups excluding carboxylic acids is 3. The Hall–Kier alpha value is -3.26. The number of esters is 1. The number of aromatic nitrogens is 1. The summed E-state index contributed by atoms with van der Waals surface area (Å²) in [6.07, 6.45) is 7.49. The monoisotopic (exact) mass is 451 g/mol. The van der Waals surface area contributed by atoms with Crippen LogP contribution in [-0.2, 0) is 14.3 Å². The van der Waals surface area contributed by atoms with Crippen LogP contribution in [0.15, 0.2) is 53.3 Å². The number of ether oxygens (including phenoxy) is 1. The molecule has 2 amide bonds. The molecule has 32 heavy (non-hydrogen) atoms. The molecule has 2 N–H and O–H groups in total. The normalized spacial score (nSPS) is 19.9. The molecule has 0 radical (unpaired) electrons. The number of benzene rings is 1. The first-order valence-electron chi connectivity index (χ1n) is 10.6. The van der Waals surface area contributed by atoms with Gasteiger partial charge >= 0.3 is 5.97 Å². The van der Waals surface area contributed by atoms with Crippen molar-refractivity contribution >= 4 is 44.5 Å². The number of nitrogens with one attached hydrogen (secondary N) is 2. The van der Waals surface area contributed by atoms with E-state index in [0.29, 0.717) is 29.2 Å². The summed E-state index contributed by atoms with van der Waals surface area (Å²) in [6, 6.07) is 5.27. The van der Waals surface area contributed by atoms with Crippen molar-refractivity contribution in [2.45, 2.75) is 33.6 Å². The van der Waals surface area contributed by atoms with Crippen LogP contribution < -0.4 is 10.6 Å². The summed E-state index contributed by atoms with van der Waals surface area (Å²) in [6.45, 7) is 6.01. The lowest BCUT2D eigenvalue weighted by molar-refractivity contribution is -0.145. The minimum Gasteiger partial charge on any atom is -0.466 e. The first-order chi connectivity index (χ1) is 15.4. The number of rotatable bonds is 6. The number of nitrogens with zero attached hydrogens (tertiary/aromatic N) is 1. The zero-order chi connectivity index (χ0) is 22.8.